The molecular formula is C13H10FN5O. The summed E-state index contributed by atoms with van der Waals surface area (Å²) >= 11 is 0. The van der Waals surface area contributed by atoms with Gasteiger partial charge in [-0.1, -0.05) is 11.3 Å². The summed E-state index contributed by atoms with van der Waals surface area (Å²) in [6, 6.07) is 8.07. The minimum Gasteiger partial charge on any atom is -0.457 e. The van der Waals surface area contributed by atoms with Gasteiger partial charge in [0.05, 0.1) is 11.9 Å². The first kappa shape index (κ1) is 12.2. The van der Waals surface area contributed by atoms with Crippen LogP contribution >= 0.6 is 0 Å². The highest BCUT2D eigenvalue weighted by atomic mass is 19.1. The second kappa shape index (κ2) is 5.43. The lowest BCUT2D eigenvalue weighted by molar-refractivity contribution is 0.276. The van der Waals surface area contributed by atoms with Crippen LogP contribution in [0.3, 0.4) is 0 Å². The summed E-state index contributed by atoms with van der Waals surface area (Å²) in [6.07, 6.45) is 4.84. The summed E-state index contributed by atoms with van der Waals surface area (Å²) in [5, 5.41) is 7.87. The predicted molar refractivity (Wildman–Crippen MR) is 67.7 cm³/mol. The SMILES string of the molecule is Fc1cccc(-n2cc(COc3ncccn3)nn2)c1. The molecule has 0 aliphatic carbocycles. The van der Waals surface area contributed by atoms with Crippen LogP contribution in [0.1, 0.15) is 5.69 Å². The monoisotopic (exact) mass is 271 g/mol. The van der Waals surface area contributed by atoms with Crippen LogP contribution in [0, 0.1) is 5.82 Å². The van der Waals surface area contributed by atoms with Crippen molar-refractivity contribution in [3.8, 4) is 11.7 Å². The van der Waals surface area contributed by atoms with Crippen LogP contribution in [-0.2, 0) is 6.61 Å². The molecule has 20 heavy (non-hydrogen) atoms. The molecule has 0 bridgehead atoms. The quantitative estimate of drug-likeness (QED) is 0.723. The summed E-state index contributed by atoms with van der Waals surface area (Å²) in [7, 11) is 0. The highest BCUT2D eigenvalue weighted by molar-refractivity contribution is 5.30. The van der Waals surface area contributed by atoms with E-state index >= 15 is 0 Å². The molecule has 0 N–H and O–H groups in total. The van der Waals surface area contributed by atoms with Gasteiger partial charge in [-0.2, -0.15) is 0 Å². The maximum Gasteiger partial charge on any atom is 0.316 e. The van der Waals surface area contributed by atoms with E-state index in [9.17, 15) is 4.39 Å². The van der Waals surface area contributed by atoms with Gasteiger partial charge in [0.25, 0.3) is 0 Å². The molecule has 0 fully saturated rings. The molecule has 1 aromatic carbocycles. The molecule has 0 aliphatic rings. The van der Waals surface area contributed by atoms with Gasteiger partial charge in [-0.05, 0) is 24.3 Å². The van der Waals surface area contributed by atoms with Crippen molar-refractivity contribution in [1.82, 2.24) is 25.0 Å². The number of halogens is 1. The van der Waals surface area contributed by atoms with Gasteiger partial charge in [-0.25, -0.2) is 19.0 Å². The Morgan fingerprint density at radius 3 is 2.80 bits per heavy atom. The topological polar surface area (TPSA) is 65.7 Å². The third kappa shape index (κ3) is 2.77. The van der Waals surface area contributed by atoms with Crippen molar-refractivity contribution in [3.05, 3.63) is 60.4 Å². The van der Waals surface area contributed by atoms with Crippen molar-refractivity contribution in [1.29, 1.82) is 0 Å². The number of nitrogens with zero attached hydrogens (tertiary/aromatic N) is 5. The molecule has 0 saturated heterocycles. The lowest BCUT2D eigenvalue weighted by Gasteiger charge is -2.00. The molecule has 6 nitrogen and oxygen atoms in total. The van der Waals surface area contributed by atoms with E-state index in [1.54, 1.807) is 36.8 Å². The molecule has 2 heterocycles. The summed E-state index contributed by atoms with van der Waals surface area (Å²) in [5.41, 5.74) is 1.20. The van der Waals surface area contributed by atoms with Gasteiger partial charge in [0.2, 0.25) is 0 Å². The van der Waals surface area contributed by atoms with E-state index in [4.69, 9.17) is 4.74 Å². The van der Waals surface area contributed by atoms with Crippen LogP contribution in [0.15, 0.2) is 48.9 Å². The number of rotatable bonds is 4. The largest absolute Gasteiger partial charge is 0.457 e. The lowest BCUT2D eigenvalue weighted by atomic mass is 10.3. The van der Waals surface area contributed by atoms with Gasteiger partial charge < -0.3 is 4.74 Å². The molecule has 0 saturated carbocycles. The number of hydrogen-bond acceptors (Lipinski definition) is 5. The second-order valence-electron chi connectivity index (χ2n) is 3.95. The van der Waals surface area contributed by atoms with Crippen LogP contribution in [0.2, 0.25) is 0 Å². The van der Waals surface area contributed by atoms with Crippen LogP contribution in [0.4, 0.5) is 4.39 Å². The molecule has 0 unspecified atom stereocenters. The molecule has 100 valence electrons. The fourth-order valence-corrected chi connectivity index (χ4v) is 1.61. The first-order chi connectivity index (χ1) is 9.81. The zero-order valence-corrected chi connectivity index (χ0v) is 10.3. The van der Waals surface area contributed by atoms with Crippen molar-refractivity contribution < 1.29 is 9.13 Å². The fourth-order valence-electron chi connectivity index (χ4n) is 1.61. The van der Waals surface area contributed by atoms with Gasteiger partial charge in [-0.3, -0.25) is 0 Å². The fraction of sp³-hybridized carbons (Fsp3) is 0.0769. The van der Waals surface area contributed by atoms with Gasteiger partial charge in [0.1, 0.15) is 18.1 Å². The molecule has 0 aliphatic heterocycles. The van der Waals surface area contributed by atoms with E-state index in [1.165, 1.54) is 16.8 Å². The Hall–Kier alpha value is -2.83. The van der Waals surface area contributed by atoms with E-state index in [1.807, 2.05) is 0 Å². The van der Waals surface area contributed by atoms with Gasteiger partial charge >= 0.3 is 6.01 Å². The first-order valence-corrected chi connectivity index (χ1v) is 5.88. The standard InChI is InChI=1S/C13H10FN5O/c14-10-3-1-4-12(7-10)19-8-11(17-18-19)9-20-13-15-5-2-6-16-13/h1-8H,9H2. The first-order valence-electron chi connectivity index (χ1n) is 5.88. The van der Waals surface area contributed by atoms with Crippen molar-refractivity contribution in [2.45, 2.75) is 6.61 Å². The minimum atomic E-state index is -0.325. The van der Waals surface area contributed by atoms with Crippen LogP contribution in [0.25, 0.3) is 5.69 Å². The molecule has 0 amide bonds. The van der Waals surface area contributed by atoms with E-state index in [0.717, 1.165) is 0 Å². The average molecular weight is 271 g/mol. The molecule has 2 aromatic heterocycles. The Morgan fingerprint density at radius 2 is 2.00 bits per heavy atom. The molecule has 3 rings (SSSR count). The highest BCUT2D eigenvalue weighted by Gasteiger charge is 2.05. The van der Waals surface area contributed by atoms with Crippen molar-refractivity contribution in [3.63, 3.8) is 0 Å². The molecule has 3 aromatic rings. The average Bonchev–Trinajstić information content (AvgIpc) is 2.95. The number of hydrogen-bond donors (Lipinski definition) is 0. The Morgan fingerprint density at radius 1 is 1.15 bits per heavy atom. The number of benzene rings is 1. The highest BCUT2D eigenvalue weighted by Crippen LogP contribution is 2.09. The van der Waals surface area contributed by atoms with E-state index in [2.05, 4.69) is 20.3 Å². The maximum absolute atomic E-state index is 13.1. The van der Waals surface area contributed by atoms with Crippen molar-refractivity contribution in [2.24, 2.45) is 0 Å². The third-order valence-corrected chi connectivity index (χ3v) is 2.50. The van der Waals surface area contributed by atoms with Crippen LogP contribution in [0.5, 0.6) is 6.01 Å². The predicted octanol–water partition coefficient (Wildman–Crippen LogP) is 1.78. The summed E-state index contributed by atoms with van der Waals surface area (Å²) < 4.78 is 20.0. The normalized spacial score (nSPS) is 10.4. The Balaban J connectivity index is 1.71. The Labute approximate surface area is 113 Å². The lowest BCUT2D eigenvalue weighted by Crippen LogP contribution is -1.99. The molecule has 7 heteroatoms. The number of ether oxygens (including phenoxy) is 1. The van der Waals surface area contributed by atoms with Crippen molar-refractivity contribution >= 4 is 0 Å². The zero-order chi connectivity index (χ0) is 13.8. The van der Waals surface area contributed by atoms with Gasteiger partial charge in [0.15, 0.2) is 0 Å². The summed E-state index contributed by atoms with van der Waals surface area (Å²) in [6.45, 7) is 0.194. The van der Waals surface area contributed by atoms with E-state index in [0.29, 0.717) is 11.4 Å². The zero-order valence-electron chi connectivity index (χ0n) is 10.3. The van der Waals surface area contributed by atoms with Crippen LogP contribution < -0.4 is 4.74 Å². The Bertz CT molecular complexity index is 701. The minimum absolute atomic E-state index is 0.194. The summed E-state index contributed by atoms with van der Waals surface area (Å²) in [4.78, 5) is 7.86. The smallest absolute Gasteiger partial charge is 0.316 e. The summed E-state index contributed by atoms with van der Waals surface area (Å²) in [5.74, 6) is -0.325. The van der Waals surface area contributed by atoms with Crippen molar-refractivity contribution in [2.75, 3.05) is 0 Å². The maximum atomic E-state index is 13.1. The molecule has 0 radical (unpaired) electrons. The number of aromatic nitrogens is 5. The van der Waals surface area contributed by atoms with E-state index in [-0.39, 0.29) is 18.4 Å². The molecule has 0 atom stereocenters. The Kier molecular flexibility index (Phi) is 3.32. The third-order valence-electron chi connectivity index (χ3n) is 2.50. The van der Waals surface area contributed by atoms with Gasteiger partial charge in [-0.15, -0.1) is 5.10 Å². The van der Waals surface area contributed by atoms with Crippen LogP contribution in [-0.4, -0.2) is 25.0 Å². The van der Waals surface area contributed by atoms with E-state index < -0.39 is 0 Å². The molecule has 0 spiro atoms. The second-order valence-corrected chi connectivity index (χ2v) is 3.95. The molecular weight excluding hydrogens is 261 g/mol. The van der Waals surface area contributed by atoms with Gasteiger partial charge in [0, 0.05) is 12.4 Å².